The van der Waals surface area contributed by atoms with Gasteiger partial charge in [-0.1, -0.05) is 30.3 Å². The maximum atomic E-state index is 12.5. The summed E-state index contributed by atoms with van der Waals surface area (Å²) in [4.78, 5) is 25.7. The first-order valence-corrected chi connectivity index (χ1v) is 9.16. The van der Waals surface area contributed by atoms with Gasteiger partial charge < -0.3 is 15.4 Å². The van der Waals surface area contributed by atoms with E-state index in [0.717, 1.165) is 28.3 Å². The number of hydrogen-bond acceptors (Lipinski definition) is 4. The highest BCUT2D eigenvalue weighted by Crippen LogP contribution is 2.37. The van der Waals surface area contributed by atoms with Crippen molar-refractivity contribution in [3.63, 3.8) is 0 Å². The molecule has 0 saturated heterocycles. The van der Waals surface area contributed by atoms with E-state index in [0.29, 0.717) is 6.61 Å². The minimum atomic E-state index is -0.412. The number of fused-ring (bicyclic) bond motifs is 2. The third kappa shape index (κ3) is 3.35. The van der Waals surface area contributed by atoms with E-state index in [9.17, 15) is 9.59 Å². The SMILES string of the molecule is O=C(C[C@@H]1Sc2ccccc2NC1=O)N[C@@H]1CCOc2ccccc21. The zero-order valence-electron chi connectivity index (χ0n) is 13.5. The van der Waals surface area contributed by atoms with Gasteiger partial charge in [-0.05, 0) is 18.2 Å². The van der Waals surface area contributed by atoms with Gasteiger partial charge in [-0.2, -0.15) is 0 Å². The second-order valence-corrected chi connectivity index (χ2v) is 7.34. The molecule has 0 fully saturated rings. The molecule has 0 bridgehead atoms. The Morgan fingerprint density at radius 3 is 2.92 bits per heavy atom. The van der Waals surface area contributed by atoms with Crippen LogP contribution in [0.25, 0.3) is 0 Å². The van der Waals surface area contributed by atoms with Gasteiger partial charge >= 0.3 is 0 Å². The minimum Gasteiger partial charge on any atom is -0.493 e. The van der Waals surface area contributed by atoms with Gasteiger partial charge in [0.1, 0.15) is 5.75 Å². The van der Waals surface area contributed by atoms with Crippen LogP contribution in [-0.2, 0) is 9.59 Å². The summed E-state index contributed by atoms with van der Waals surface area (Å²) in [7, 11) is 0. The normalized spacial score (nSPS) is 21.4. The lowest BCUT2D eigenvalue weighted by Gasteiger charge is -2.28. The molecule has 2 aliphatic rings. The minimum absolute atomic E-state index is 0.0682. The molecule has 6 heteroatoms. The van der Waals surface area contributed by atoms with Gasteiger partial charge in [0.05, 0.1) is 23.6 Å². The maximum Gasteiger partial charge on any atom is 0.238 e. The van der Waals surface area contributed by atoms with Crippen LogP contribution in [0.1, 0.15) is 24.4 Å². The highest BCUT2D eigenvalue weighted by molar-refractivity contribution is 8.01. The summed E-state index contributed by atoms with van der Waals surface area (Å²) in [6.45, 7) is 0.577. The number of benzene rings is 2. The van der Waals surface area contributed by atoms with E-state index < -0.39 is 5.25 Å². The van der Waals surface area contributed by atoms with Crippen molar-refractivity contribution >= 4 is 29.3 Å². The smallest absolute Gasteiger partial charge is 0.238 e. The van der Waals surface area contributed by atoms with Crippen molar-refractivity contribution in [2.75, 3.05) is 11.9 Å². The topological polar surface area (TPSA) is 67.4 Å². The van der Waals surface area contributed by atoms with Gasteiger partial charge in [0.2, 0.25) is 11.8 Å². The number of carbonyl (C=O) groups excluding carboxylic acids is 2. The molecule has 2 aliphatic heterocycles. The number of para-hydroxylation sites is 2. The van der Waals surface area contributed by atoms with E-state index in [4.69, 9.17) is 4.74 Å². The molecule has 0 saturated carbocycles. The van der Waals surface area contributed by atoms with Crippen LogP contribution in [0.4, 0.5) is 5.69 Å². The van der Waals surface area contributed by atoms with Gasteiger partial charge in [0.15, 0.2) is 0 Å². The molecule has 4 rings (SSSR count). The number of thioether (sulfide) groups is 1. The number of ether oxygens (including phenoxy) is 1. The molecule has 2 aromatic rings. The lowest BCUT2D eigenvalue weighted by Crippen LogP contribution is -2.37. The van der Waals surface area contributed by atoms with Crippen LogP contribution in [0.3, 0.4) is 0 Å². The van der Waals surface area contributed by atoms with Crippen molar-refractivity contribution in [3.8, 4) is 5.75 Å². The van der Waals surface area contributed by atoms with Crippen molar-refractivity contribution < 1.29 is 14.3 Å². The molecule has 2 amide bonds. The van der Waals surface area contributed by atoms with Crippen LogP contribution in [0.5, 0.6) is 5.75 Å². The summed E-state index contributed by atoms with van der Waals surface area (Å²) in [6.07, 6.45) is 0.889. The fraction of sp³-hybridized carbons (Fsp3) is 0.263. The lowest BCUT2D eigenvalue weighted by molar-refractivity contribution is -0.124. The predicted octanol–water partition coefficient (Wildman–Crippen LogP) is 3.13. The molecule has 0 radical (unpaired) electrons. The average molecular weight is 354 g/mol. The number of rotatable bonds is 3. The molecule has 128 valence electrons. The fourth-order valence-corrected chi connectivity index (χ4v) is 4.25. The van der Waals surface area contributed by atoms with Crippen LogP contribution < -0.4 is 15.4 Å². The Bertz CT molecular complexity index is 824. The number of amides is 2. The zero-order valence-corrected chi connectivity index (χ0v) is 14.3. The number of anilines is 1. The first kappa shape index (κ1) is 16.0. The number of nitrogens with one attached hydrogen (secondary N) is 2. The molecule has 0 unspecified atom stereocenters. The monoisotopic (exact) mass is 354 g/mol. The molecule has 0 aliphatic carbocycles. The van der Waals surface area contributed by atoms with E-state index in [1.54, 1.807) is 0 Å². The molecule has 0 aromatic heterocycles. The van der Waals surface area contributed by atoms with Crippen LogP contribution in [0, 0.1) is 0 Å². The first-order chi connectivity index (χ1) is 12.2. The van der Waals surface area contributed by atoms with Crippen molar-refractivity contribution in [1.82, 2.24) is 5.32 Å². The third-order valence-electron chi connectivity index (χ3n) is 4.37. The van der Waals surface area contributed by atoms with Gasteiger partial charge in [0.25, 0.3) is 0 Å². The molecule has 0 spiro atoms. The Morgan fingerprint density at radius 2 is 2.00 bits per heavy atom. The Balaban J connectivity index is 1.43. The van der Waals surface area contributed by atoms with Crippen molar-refractivity contribution in [1.29, 1.82) is 0 Å². The molecular weight excluding hydrogens is 336 g/mol. The van der Waals surface area contributed by atoms with Crippen LogP contribution >= 0.6 is 11.8 Å². The van der Waals surface area contributed by atoms with Gasteiger partial charge in [-0.3, -0.25) is 9.59 Å². The van der Waals surface area contributed by atoms with Crippen molar-refractivity contribution in [2.24, 2.45) is 0 Å². The quantitative estimate of drug-likeness (QED) is 0.889. The van der Waals surface area contributed by atoms with Gasteiger partial charge in [-0.15, -0.1) is 11.8 Å². The highest BCUT2D eigenvalue weighted by atomic mass is 32.2. The van der Waals surface area contributed by atoms with E-state index in [2.05, 4.69) is 10.6 Å². The third-order valence-corrected chi connectivity index (χ3v) is 5.65. The van der Waals surface area contributed by atoms with E-state index in [-0.39, 0.29) is 24.3 Å². The lowest BCUT2D eigenvalue weighted by atomic mass is 10.0. The molecule has 2 atom stereocenters. The van der Waals surface area contributed by atoms with Crippen molar-refractivity contribution in [3.05, 3.63) is 54.1 Å². The van der Waals surface area contributed by atoms with Gasteiger partial charge in [0, 0.05) is 23.3 Å². The molecule has 2 heterocycles. The average Bonchev–Trinajstić information content (AvgIpc) is 2.63. The highest BCUT2D eigenvalue weighted by Gasteiger charge is 2.30. The van der Waals surface area contributed by atoms with Gasteiger partial charge in [-0.25, -0.2) is 0 Å². The first-order valence-electron chi connectivity index (χ1n) is 8.28. The summed E-state index contributed by atoms with van der Waals surface area (Å²) >= 11 is 1.44. The second-order valence-electron chi connectivity index (χ2n) is 6.09. The van der Waals surface area contributed by atoms with E-state index >= 15 is 0 Å². The largest absolute Gasteiger partial charge is 0.493 e. The second kappa shape index (κ2) is 6.80. The Morgan fingerprint density at radius 1 is 1.20 bits per heavy atom. The molecule has 2 N–H and O–H groups in total. The molecule has 5 nitrogen and oxygen atoms in total. The predicted molar refractivity (Wildman–Crippen MR) is 96.8 cm³/mol. The molecular formula is C19H18N2O3S. The Hall–Kier alpha value is -2.47. The Kier molecular flexibility index (Phi) is 4.36. The van der Waals surface area contributed by atoms with Crippen LogP contribution in [-0.4, -0.2) is 23.7 Å². The summed E-state index contributed by atoms with van der Waals surface area (Å²) in [5.41, 5.74) is 1.81. The molecule has 2 aromatic carbocycles. The van der Waals surface area contributed by atoms with E-state index in [1.807, 2.05) is 48.5 Å². The fourth-order valence-electron chi connectivity index (χ4n) is 3.14. The zero-order chi connectivity index (χ0) is 17.2. The standard InChI is InChI=1S/C19H18N2O3S/c22-18(20-13-9-10-24-15-7-3-1-5-12(13)15)11-17-19(23)21-14-6-2-4-8-16(14)25-17/h1-8,13,17H,9-11H2,(H,20,22)(H,21,23)/t13-,17+/m1/s1. The number of hydrogen-bond donors (Lipinski definition) is 2. The Labute approximate surface area is 150 Å². The summed E-state index contributed by atoms with van der Waals surface area (Å²) in [5, 5.41) is 5.52. The summed E-state index contributed by atoms with van der Waals surface area (Å²) in [6, 6.07) is 15.3. The van der Waals surface area contributed by atoms with Crippen molar-refractivity contribution in [2.45, 2.75) is 29.0 Å². The number of carbonyl (C=O) groups is 2. The van der Waals surface area contributed by atoms with Crippen LogP contribution in [0.2, 0.25) is 0 Å². The van der Waals surface area contributed by atoms with Crippen LogP contribution in [0.15, 0.2) is 53.4 Å². The maximum absolute atomic E-state index is 12.5. The van der Waals surface area contributed by atoms with E-state index in [1.165, 1.54) is 11.8 Å². The summed E-state index contributed by atoms with van der Waals surface area (Å²) in [5.74, 6) is 0.581. The summed E-state index contributed by atoms with van der Waals surface area (Å²) < 4.78 is 5.62. The molecule has 25 heavy (non-hydrogen) atoms.